The minimum Gasteiger partial charge on any atom is -0.457 e. The third-order valence-corrected chi connectivity index (χ3v) is 6.14. The number of carbonyl (C=O) groups excluding carboxylic acids is 2. The van der Waals surface area contributed by atoms with Gasteiger partial charge in [0, 0.05) is 27.7 Å². The van der Waals surface area contributed by atoms with Crippen LogP contribution in [0.15, 0.2) is 68.4 Å². The Kier molecular flexibility index (Phi) is 5.79. The second-order valence-corrected chi connectivity index (χ2v) is 8.76. The van der Waals surface area contributed by atoms with Gasteiger partial charge in [0.15, 0.2) is 0 Å². The number of nitro benzene ring substituents is 1. The predicted molar refractivity (Wildman–Crippen MR) is 121 cm³/mol. The van der Waals surface area contributed by atoms with Crippen LogP contribution in [0.25, 0.3) is 17.4 Å². The molecule has 1 fully saturated rings. The highest BCUT2D eigenvalue weighted by atomic mass is 79.9. The fourth-order valence-electron chi connectivity index (χ4n) is 3.14. The quantitative estimate of drug-likeness (QED) is 0.237. The zero-order chi connectivity index (χ0) is 22.1. The van der Waals surface area contributed by atoms with Crippen molar-refractivity contribution in [2.75, 3.05) is 0 Å². The van der Waals surface area contributed by atoms with E-state index < -0.39 is 4.92 Å². The van der Waals surface area contributed by atoms with Crippen LogP contribution < -0.4 is 0 Å². The molecular weight excluding hydrogens is 484 g/mol. The molecule has 0 atom stereocenters. The number of carbonyl (C=O) groups is 2. The molecule has 1 aliphatic rings. The minimum atomic E-state index is -0.433. The molecule has 0 aliphatic carbocycles. The van der Waals surface area contributed by atoms with E-state index in [0.29, 0.717) is 22.6 Å². The zero-order valence-electron chi connectivity index (χ0n) is 16.2. The summed E-state index contributed by atoms with van der Waals surface area (Å²) < 4.78 is 6.71. The first-order valence-electron chi connectivity index (χ1n) is 9.17. The van der Waals surface area contributed by atoms with Crippen molar-refractivity contribution in [1.29, 1.82) is 0 Å². The van der Waals surface area contributed by atoms with E-state index in [4.69, 9.17) is 4.42 Å². The maximum atomic E-state index is 12.7. The lowest BCUT2D eigenvalue weighted by atomic mass is 10.1. The first kappa shape index (κ1) is 21.1. The molecule has 156 valence electrons. The number of aryl methyl sites for hydroxylation is 1. The van der Waals surface area contributed by atoms with E-state index in [1.165, 1.54) is 17.0 Å². The number of amides is 2. The molecule has 0 radical (unpaired) electrons. The molecule has 0 saturated carbocycles. The molecule has 1 aromatic heterocycles. The van der Waals surface area contributed by atoms with Crippen LogP contribution in [0.1, 0.15) is 16.9 Å². The van der Waals surface area contributed by atoms with Crippen molar-refractivity contribution in [2.45, 2.75) is 13.5 Å². The highest BCUT2D eigenvalue weighted by Gasteiger charge is 2.35. The average Bonchev–Trinajstić information content (AvgIpc) is 3.29. The van der Waals surface area contributed by atoms with Gasteiger partial charge in [-0.1, -0.05) is 28.1 Å². The number of rotatable bonds is 5. The Morgan fingerprint density at radius 2 is 1.87 bits per heavy atom. The lowest BCUT2D eigenvalue weighted by Crippen LogP contribution is -2.27. The van der Waals surface area contributed by atoms with Gasteiger partial charge in [0.1, 0.15) is 11.5 Å². The van der Waals surface area contributed by atoms with Gasteiger partial charge in [-0.05, 0) is 60.6 Å². The monoisotopic (exact) mass is 498 g/mol. The van der Waals surface area contributed by atoms with Crippen molar-refractivity contribution < 1.29 is 18.9 Å². The first-order chi connectivity index (χ1) is 14.8. The van der Waals surface area contributed by atoms with Gasteiger partial charge in [-0.15, -0.1) is 0 Å². The van der Waals surface area contributed by atoms with Gasteiger partial charge >= 0.3 is 0 Å². The van der Waals surface area contributed by atoms with Crippen LogP contribution in [-0.4, -0.2) is 21.0 Å². The third-order valence-electron chi connectivity index (χ3n) is 4.71. The highest BCUT2D eigenvalue weighted by molar-refractivity contribution is 9.10. The summed E-state index contributed by atoms with van der Waals surface area (Å²) in [6.07, 6.45) is 1.54. The van der Waals surface area contributed by atoms with E-state index in [1.54, 1.807) is 31.2 Å². The Balaban J connectivity index is 1.53. The molecule has 31 heavy (non-hydrogen) atoms. The Bertz CT molecular complexity index is 1230. The van der Waals surface area contributed by atoms with Gasteiger partial charge < -0.3 is 4.42 Å². The van der Waals surface area contributed by atoms with Crippen molar-refractivity contribution in [3.63, 3.8) is 0 Å². The molecule has 1 aliphatic heterocycles. The maximum absolute atomic E-state index is 12.7. The van der Waals surface area contributed by atoms with E-state index >= 15 is 0 Å². The molecular formula is C22H15BrN2O5S. The summed E-state index contributed by atoms with van der Waals surface area (Å²) in [6.45, 7) is 1.85. The van der Waals surface area contributed by atoms with Crippen LogP contribution in [0.3, 0.4) is 0 Å². The summed E-state index contributed by atoms with van der Waals surface area (Å²) in [6, 6.07) is 15.5. The van der Waals surface area contributed by atoms with Crippen molar-refractivity contribution in [3.05, 3.63) is 91.0 Å². The number of benzene rings is 2. The van der Waals surface area contributed by atoms with Crippen molar-refractivity contribution in [2.24, 2.45) is 0 Å². The molecule has 0 spiro atoms. The SMILES string of the molecule is Cc1cc(-c2ccc(/C=C3\SC(=O)N(Cc4ccc(Br)cc4)C3=O)o2)ccc1[N+](=O)[O-]. The molecule has 9 heteroatoms. The number of hydrogen-bond acceptors (Lipinski definition) is 6. The highest BCUT2D eigenvalue weighted by Crippen LogP contribution is 2.35. The van der Waals surface area contributed by atoms with Crippen molar-refractivity contribution in [3.8, 4) is 11.3 Å². The second kappa shape index (κ2) is 8.52. The van der Waals surface area contributed by atoms with Crippen LogP contribution >= 0.6 is 27.7 Å². The van der Waals surface area contributed by atoms with Crippen molar-refractivity contribution in [1.82, 2.24) is 4.90 Å². The molecule has 7 nitrogen and oxygen atoms in total. The van der Waals surface area contributed by atoms with E-state index in [0.717, 1.165) is 21.8 Å². The van der Waals surface area contributed by atoms with E-state index in [2.05, 4.69) is 15.9 Å². The fraction of sp³-hybridized carbons (Fsp3) is 0.0909. The van der Waals surface area contributed by atoms with Crippen LogP contribution in [-0.2, 0) is 11.3 Å². The van der Waals surface area contributed by atoms with Crippen LogP contribution in [0.5, 0.6) is 0 Å². The maximum Gasteiger partial charge on any atom is 0.293 e. The molecule has 0 bridgehead atoms. The van der Waals surface area contributed by atoms with Gasteiger partial charge in [0.05, 0.1) is 16.4 Å². The van der Waals surface area contributed by atoms with E-state index in [9.17, 15) is 19.7 Å². The van der Waals surface area contributed by atoms with Gasteiger partial charge in [-0.2, -0.15) is 0 Å². The summed E-state index contributed by atoms with van der Waals surface area (Å²) in [7, 11) is 0. The number of imide groups is 1. The van der Waals surface area contributed by atoms with Gasteiger partial charge in [-0.3, -0.25) is 24.6 Å². The normalized spacial score (nSPS) is 15.2. The molecule has 1 saturated heterocycles. The zero-order valence-corrected chi connectivity index (χ0v) is 18.6. The summed E-state index contributed by atoms with van der Waals surface area (Å²) in [5.41, 5.74) is 2.09. The second-order valence-electron chi connectivity index (χ2n) is 6.85. The fourth-order valence-corrected chi connectivity index (χ4v) is 4.22. The largest absolute Gasteiger partial charge is 0.457 e. The van der Waals surface area contributed by atoms with Gasteiger partial charge in [0.2, 0.25) is 0 Å². The van der Waals surface area contributed by atoms with Crippen LogP contribution in [0, 0.1) is 17.0 Å². The smallest absolute Gasteiger partial charge is 0.293 e. The molecule has 2 amide bonds. The van der Waals surface area contributed by atoms with Crippen molar-refractivity contribution >= 4 is 50.6 Å². The van der Waals surface area contributed by atoms with E-state index in [-0.39, 0.29) is 28.3 Å². The van der Waals surface area contributed by atoms with E-state index in [1.807, 2.05) is 24.3 Å². The van der Waals surface area contributed by atoms with Crippen LogP contribution in [0.2, 0.25) is 0 Å². The Hall–Kier alpha value is -3.17. The number of thioether (sulfide) groups is 1. The predicted octanol–water partition coefficient (Wildman–Crippen LogP) is 6.16. The Labute approximate surface area is 190 Å². The molecule has 4 rings (SSSR count). The molecule has 3 aromatic rings. The lowest BCUT2D eigenvalue weighted by Gasteiger charge is -2.12. The molecule has 0 N–H and O–H groups in total. The Morgan fingerprint density at radius 3 is 2.55 bits per heavy atom. The molecule has 2 heterocycles. The summed E-state index contributed by atoms with van der Waals surface area (Å²) in [5, 5.41) is 10.7. The Morgan fingerprint density at radius 1 is 1.13 bits per heavy atom. The summed E-state index contributed by atoms with van der Waals surface area (Å²) in [4.78, 5) is 37.1. The molecule has 0 unspecified atom stereocenters. The average molecular weight is 499 g/mol. The summed E-state index contributed by atoms with van der Waals surface area (Å²) in [5.74, 6) is 0.556. The number of furan rings is 1. The number of nitrogens with zero attached hydrogens (tertiary/aromatic N) is 2. The summed E-state index contributed by atoms with van der Waals surface area (Å²) >= 11 is 4.23. The van der Waals surface area contributed by atoms with Crippen LogP contribution in [0.4, 0.5) is 10.5 Å². The number of halogens is 1. The first-order valence-corrected chi connectivity index (χ1v) is 10.8. The molecule has 2 aromatic carbocycles. The third kappa shape index (κ3) is 4.47. The minimum absolute atomic E-state index is 0.0370. The standard InChI is InChI=1S/C22H15BrN2O5S/c1-13-10-15(4-8-18(13)25(28)29)19-9-7-17(30-19)11-20-21(26)24(22(27)31-20)12-14-2-5-16(23)6-3-14/h2-11H,12H2,1H3/b20-11-. The topological polar surface area (TPSA) is 93.7 Å². The number of hydrogen-bond donors (Lipinski definition) is 0. The van der Waals surface area contributed by atoms with Gasteiger partial charge in [-0.25, -0.2) is 0 Å². The number of nitro groups is 1. The van der Waals surface area contributed by atoms with Gasteiger partial charge in [0.25, 0.3) is 16.8 Å². The lowest BCUT2D eigenvalue weighted by molar-refractivity contribution is -0.385.